The van der Waals surface area contributed by atoms with Crippen molar-refractivity contribution in [2.24, 2.45) is 0 Å². The lowest BCUT2D eigenvalue weighted by Crippen LogP contribution is -2.09. The Morgan fingerprint density at radius 3 is 1.46 bits per heavy atom. The Hall–Kier alpha value is -9.31. The number of pyridine rings is 2. The quantitative estimate of drug-likeness (QED) is 0.112. The van der Waals surface area contributed by atoms with Gasteiger partial charge < -0.3 is 9.30 Å². The van der Waals surface area contributed by atoms with E-state index in [-0.39, 0.29) is 0 Å². The average molecular weight is 890 g/mol. The molecule has 0 unspecified atom stereocenters. The van der Waals surface area contributed by atoms with Crippen LogP contribution in [0.3, 0.4) is 0 Å². The van der Waals surface area contributed by atoms with Gasteiger partial charge in [0.2, 0.25) is 0 Å². The van der Waals surface area contributed by atoms with Gasteiger partial charge in [-0.15, -0.1) is 0 Å². The summed E-state index contributed by atoms with van der Waals surface area (Å²) in [4.78, 5) is 7.62. The second kappa shape index (κ2) is 16.2. The zero-order valence-electron chi connectivity index (χ0n) is 38.2. The molecule has 3 aromatic heterocycles. The van der Waals surface area contributed by atoms with Crippen LogP contribution in [0, 0.1) is 0 Å². The highest BCUT2D eigenvalue weighted by Gasteiger charge is 2.22. The Balaban J connectivity index is 0.949. The number of hydrogen-bond acceptors (Lipinski definition) is 2. The van der Waals surface area contributed by atoms with Crippen LogP contribution in [0.15, 0.2) is 261 Å². The molecule has 0 spiro atoms. The van der Waals surface area contributed by atoms with Gasteiger partial charge in [0.25, 0.3) is 0 Å². The smallest absolute Gasteiger partial charge is 0.0715 e. The molecule has 0 N–H and O–H groups in total. The van der Waals surface area contributed by atoms with Crippen molar-refractivity contribution < 1.29 is 0 Å². The molecule has 14 rings (SSSR count). The van der Waals surface area contributed by atoms with Crippen molar-refractivity contribution in [3.63, 3.8) is 0 Å². The number of para-hydroxylation sites is 1. The Labute approximate surface area is 405 Å². The third-order valence-electron chi connectivity index (χ3n) is 14.3. The minimum Gasteiger partial charge on any atom is -0.310 e. The number of rotatable bonds is 8. The van der Waals surface area contributed by atoms with Crippen LogP contribution in [0.25, 0.3) is 116 Å². The molecule has 3 heterocycles. The van der Waals surface area contributed by atoms with E-state index < -0.39 is 0 Å². The maximum atomic E-state index is 5.22. The molecule has 0 saturated carbocycles. The largest absolute Gasteiger partial charge is 0.310 e. The summed E-state index contributed by atoms with van der Waals surface area (Å²) in [6.45, 7) is 0. The summed E-state index contributed by atoms with van der Waals surface area (Å²) in [5.74, 6) is 0. The van der Waals surface area contributed by atoms with Crippen LogP contribution in [0.5, 0.6) is 0 Å². The van der Waals surface area contributed by atoms with Crippen LogP contribution in [-0.4, -0.2) is 9.38 Å². The van der Waals surface area contributed by atoms with Gasteiger partial charge in [0.1, 0.15) is 0 Å². The second-order valence-electron chi connectivity index (χ2n) is 18.3. The van der Waals surface area contributed by atoms with Crippen molar-refractivity contribution in [2.45, 2.75) is 0 Å². The maximum Gasteiger partial charge on any atom is 0.0715 e. The molecule has 0 bridgehead atoms. The molecule has 0 aliphatic rings. The van der Waals surface area contributed by atoms with Crippen molar-refractivity contribution in [3.05, 3.63) is 261 Å². The van der Waals surface area contributed by atoms with Gasteiger partial charge in [0, 0.05) is 49.7 Å². The molecule has 0 fully saturated rings. The van der Waals surface area contributed by atoms with Crippen molar-refractivity contribution in [1.82, 2.24) is 9.38 Å². The van der Waals surface area contributed by atoms with E-state index in [9.17, 15) is 0 Å². The van der Waals surface area contributed by atoms with Crippen LogP contribution in [-0.2, 0) is 0 Å². The molecule has 3 nitrogen and oxygen atoms in total. The maximum absolute atomic E-state index is 5.22. The molecule has 70 heavy (non-hydrogen) atoms. The zero-order valence-corrected chi connectivity index (χ0v) is 38.2. The Bertz CT molecular complexity index is 4190. The fraction of sp³-hybridized carbons (Fsp3) is 0. The standard InChI is InChI=1S/C67H43N3/c1-4-15-44(16-5-1)45-29-33-51(34-30-45)69(52-35-31-47(32-36-52)55-24-12-22-46-17-10-11-23-54(46)55)53-37-39-64-61(43-53)60-28-14-27-59-58-26-13-25-57-56(38-40-65(66(57)58)70(64)67(59)60)50-41-62(48-18-6-2-7-19-48)68-63(42-50)49-20-8-3-9-21-49/h1-43H. The molecule has 0 atom stereocenters. The van der Waals surface area contributed by atoms with Gasteiger partial charge in [-0.25, -0.2) is 4.98 Å². The molecule has 14 aromatic rings. The summed E-state index contributed by atoms with van der Waals surface area (Å²) >= 11 is 0. The molecule has 0 radical (unpaired) electrons. The van der Waals surface area contributed by atoms with E-state index in [0.717, 1.165) is 45.1 Å². The van der Waals surface area contributed by atoms with Crippen LogP contribution in [0.4, 0.5) is 17.1 Å². The Morgan fingerprint density at radius 2 is 0.771 bits per heavy atom. The number of anilines is 3. The van der Waals surface area contributed by atoms with E-state index in [1.54, 1.807) is 0 Å². The lowest BCUT2D eigenvalue weighted by Gasteiger charge is -2.26. The minimum atomic E-state index is 0.957. The summed E-state index contributed by atoms with van der Waals surface area (Å²) < 4.78 is 2.51. The van der Waals surface area contributed by atoms with E-state index in [1.807, 2.05) is 0 Å². The summed E-state index contributed by atoms with van der Waals surface area (Å²) in [7, 11) is 0. The fourth-order valence-corrected chi connectivity index (χ4v) is 11.1. The minimum absolute atomic E-state index is 0.957. The topological polar surface area (TPSA) is 20.5 Å². The van der Waals surface area contributed by atoms with Crippen LogP contribution in [0.1, 0.15) is 0 Å². The fourth-order valence-electron chi connectivity index (χ4n) is 11.1. The molecule has 326 valence electrons. The van der Waals surface area contributed by atoms with Crippen molar-refractivity contribution >= 4 is 76.7 Å². The highest BCUT2D eigenvalue weighted by molar-refractivity contribution is 6.28. The first kappa shape index (κ1) is 39.8. The molecule has 3 heteroatoms. The SMILES string of the molecule is c1ccc(-c2ccc(N(c3ccc(-c4cccc5ccccc45)cc3)c3ccc4c(c3)c3cccc5c6cccc7c(-c8cc(-c9ccccc9)nc(-c9ccccc9)c8)ccc(c76)n4c53)cc2)cc1. The van der Waals surface area contributed by atoms with Crippen LogP contribution >= 0.6 is 0 Å². The normalized spacial score (nSPS) is 11.7. The Kier molecular flexibility index (Phi) is 9.21. The molecule has 0 amide bonds. The van der Waals surface area contributed by atoms with E-state index in [1.165, 1.54) is 87.5 Å². The van der Waals surface area contributed by atoms with Crippen molar-refractivity contribution in [3.8, 4) is 55.9 Å². The molecule has 11 aromatic carbocycles. The highest BCUT2D eigenvalue weighted by atomic mass is 15.1. The van der Waals surface area contributed by atoms with E-state index in [0.29, 0.717) is 0 Å². The first-order valence-corrected chi connectivity index (χ1v) is 24.0. The number of nitrogens with zero attached hydrogens (tertiary/aromatic N) is 3. The van der Waals surface area contributed by atoms with Gasteiger partial charge in [-0.1, -0.05) is 200 Å². The summed E-state index contributed by atoms with van der Waals surface area (Å²) in [5, 5.41) is 9.92. The van der Waals surface area contributed by atoms with E-state index in [4.69, 9.17) is 4.98 Å². The third-order valence-corrected chi connectivity index (χ3v) is 14.3. The molecule has 0 saturated heterocycles. The lowest BCUT2D eigenvalue weighted by molar-refractivity contribution is 1.28. The van der Waals surface area contributed by atoms with Gasteiger partial charge in [0.15, 0.2) is 0 Å². The number of benzene rings is 11. The monoisotopic (exact) mass is 889 g/mol. The zero-order chi connectivity index (χ0) is 46.1. The molecule has 0 aliphatic heterocycles. The predicted octanol–water partition coefficient (Wildman–Crippen LogP) is 18.3. The first-order chi connectivity index (χ1) is 34.7. The lowest BCUT2D eigenvalue weighted by atomic mass is 9.92. The van der Waals surface area contributed by atoms with Crippen LogP contribution < -0.4 is 4.90 Å². The van der Waals surface area contributed by atoms with Crippen LogP contribution in [0.2, 0.25) is 0 Å². The van der Waals surface area contributed by atoms with Crippen molar-refractivity contribution in [2.75, 3.05) is 4.90 Å². The van der Waals surface area contributed by atoms with Gasteiger partial charge in [0.05, 0.1) is 27.9 Å². The van der Waals surface area contributed by atoms with Gasteiger partial charge in [-0.3, -0.25) is 0 Å². The second-order valence-corrected chi connectivity index (χ2v) is 18.3. The van der Waals surface area contributed by atoms with E-state index >= 15 is 0 Å². The molecular weight excluding hydrogens is 847 g/mol. The highest BCUT2D eigenvalue weighted by Crippen LogP contribution is 2.46. The molecule has 0 aliphatic carbocycles. The predicted molar refractivity (Wildman–Crippen MR) is 296 cm³/mol. The van der Waals surface area contributed by atoms with Gasteiger partial charge in [-0.05, 0) is 116 Å². The van der Waals surface area contributed by atoms with Crippen molar-refractivity contribution in [1.29, 1.82) is 0 Å². The van der Waals surface area contributed by atoms with Gasteiger partial charge >= 0.3 is 0 Å². The Morgan fingerprint density at radius 1 is 0.286 bits per heavy atom. The summed E-state index contributed by atoms with van der Waals surface area (Å²) in [6.07, 6.45) is 0. The third kappa shape index (κ3) is 6.47. The summed E-state index contributed by atoms with van der Waals surface area (Å²) in [6, 6.07) is 94.8. The van der Waals surface area contributed by atoms with E-state index in [2.05, 4.69) is 270 Å². The number of hydrogen-bond donors (Lipinski definition) is 0. The number of fused-ring (bicyclic) bond motifs is 6. The van der Waals surface area contributed by atoms with Gasteiger partial charge in [-0.2, -0.15) is 0 Å². The average Bonchev–Trinajstić information content (AvgIpc) is 3.78. The number of aromatic nitrogens is 2. The summed E-state index contributed by atoms with van der Waals surface area (Å²) in [5.41, 5.74) is 18.2. The first-order valence-electron chi connectivity index (χ1n) is 24.0. The molecular formula is C67H43N3.